The van der Waals surface area contributed by atoms with Gasteiger partial charge in [-0.3, -0.25) is 9.48 Å². The van der Waals surface area contributed by atoms with Gasteiger partial charge in [0.15, 0.2) is 11.5 Å². The van der Waals surface area contributed by atoms with Crippen molar-refractivity contribution >= 4 is 5.78 Å². The minimum Gasteiger partial charge on any atom is -0.297 e. The van der Waals surface area contributed by atoms with Crippen molar-refractivity contribution in [2.24, 2.45) is 52.8 Å². The van der Waals surface area contributed by atoms with Gasteiger partial charge in [-0.25, -0.2) is 0 Å². The van der Waals surface area contributed by atoms with Crippen LogP contribution in [0.4, 0.5) is 13.2 Å². The molecule has 0 aromatic carbocycles. The van der Waals surface area contributed by atoms with Crippen molar-refractivity contribution in [2.75, 3.05) is 0 Å². The van der Waals surface area contributed by atoms with Crippen LogP contribution in [0, 0.1) is 52.8 Å². The molecule has 0 bridgehead atoms. The lowest BCUT2D eigenvalue weighted by atomic mass is 9.48. The number of ketones is 1. The van der Waals surface area contributed by atoms with Crippen LogP contribution in [0.5, 0.6) is 0 Å². The summed E-state index contributed by atoms with van der Waals surface area (Å²) in [7, 11) is 0. The molecule has 0 saturated heterocycles. The summed E-state index contributed by atoms with van der Waals surface area (Å²) in [6, 6.07) is 0.962. The fourth-order valence-corrected chi connectivity index (χ4v) is 9.00. The van der Waals surface area contributed by atoms with E-state index in [0.717, 1.165) is 48.5 Å². The molecule has 1 aromatic rings. The topological polar surface area (TPSA) is 34.9 Å². The van der Waals surface area contributed by atoms with E-state index in [2.05, 4.69) is 25.9 Å². The van der Waals surface area contributed by atoms with Gasteiger partial charge in [0, 0.05) is 12.1 Å². The van der Waals surface area contributed by atoms with E-state index in [1.54, 1.807) is 0 Å². The summed E-state index contributed by atoms with van der Waals surface area (Å²) in [5, 5.41) is 3.63. The van der Waals surface area contributed by atoms with Gasteiger partial charge in [-0.05, 0) is 97.9 Å². The molecule has 1 aromatic heterocycles. The number of carbonyl (C=O) groups is 1. The molecule has 4 aliphatic rings. The quantitative estimate of drug-likeness (QED) is 0.519. The summed E-state index contributed by atoms with van der Waals surface area (Å²) >= 11 is 0. The number of hydrogen-bond donors (Lipinski definition) is 0. The van der Waals surface area contributed by atoms with Crippen molar-refractivity contribution in [3.8, 4) is 0 Å². The Morgan fingerprint density at radius 2 is 1.84 bits per heavy atom. The highest BCUT2D eigenvalue weighted by Crippen LogP contribution is 2.66. The molecule has 5 rings (SSSR count). The van der Waals surface area contributed by atoms with E-state index in [0.29, 0.717) is 11.8 Å². The van der Waals surface area contributed by atoms with Gasteiger partial charge in [-0.2, -0.15) is 18.3 Å². The molecule has 0 radical (unpaired) electrons. The molecule has 8 unspecified atom stereocenters. The van der Waals surface area contributed by atoms with Crippen LogP contribution >= 0.6 is 0 Å². The SMILES string of the molecule is CC1CC(C(=O)Cn2ccc(C(F)(F)F)n2)C2(C)CCC3C4CC[C@H](C)CC4CCC3C12. The monoisotopic (exact) mass is 450 g/mol. The van der Waals surface area contributed by atoms with Crippen molar-refractivity contribution in [1.82, 2.24) is 9.78 Å². The summed E-state index contributed by atoms with van der Waals surface area (Å²) in [5.74, 6) is 5.26. The molecular weight excluding hydrogens is 413 g/mol. The van der Waals surface area contributed by atoms with Crippen molar-refractivity contribution in [2.45, 2.75) is 84.9 Å². The number of carbonyl (C=O) groups excluding carboxylic acids is 1. The van der Waals surface area contributed by atoms with E-state index in [-0.39, 0.29) is 23.7 Å². The first-order valence-corrected chi connectivity index (χ1v) is 12.7. The zero-order chi connectivity index (χ0) is 22.8. The maximum atomic E-state index is 13.4. The number of hydrogen-bond acceptors (Lipinski definition) is 2. The summed E-state index contributed by atoms with van der Waals surface area (Å²) in [6.07, 6.45) is 6.82. The van der Waals surface area contributed by atoms with E-state index in [4.69, 9.17) is 0 Å². The second-order valence-electron chi connectivity index (χ2n) is 11.9. The predicted octanol–water partition coefficient (Wildman–Crippen LogP) is 6.62. The van der Waals surface area contributed by atoms with Crippen LogP contribution in [-0.2, 0) is 17.5 Å². The molecular formula is C26H37F3N2O. The molecule has 3 nitrogen and oxygen atoms in total. The van der Waals surface area contributed by atoms with Crippen molar-refractivity contribution in [1.29, 1.82) is 0 Å². The van der Waals surface area contributed by atoms with Gasteiger partial charge in [-0.1, -0.05) is 27.2 Å². The maximum absolute atomic E-state index is 13.4. The van der Waals surface area contributed by atoms with E-state index in [9.17, 15) is 18.0 Å². The average Bonchev–Trinajstić information content (AvgIpc) is 3.29. The van der Waals surface area contributed by atoms with Crippen molar-refractivity contribution < 1.29 is 18.0 Å². The first-order chi connectivity index (χ1) is 15.1. The predicted molar refractivity (Wildman–Crippen MR) is 117 cm³/mol. The third-order valence-electron chi connectivity index (χ3n) is 10.2. The second kappa shape index (κ2) is 7.87. The molecule has 0 spiro atoms. The van der Waals surface area contributed by atoms with Gasteiger partial charge >= 0.3 is 6.18 Å². The van der Waals surface area contributed by atoms with Gasteiger partial charge in [0.1, 0.15) is 0 Å². The summed E-state index contributed by atoms with van der Waals surface area (Å²) in [4.78, 5) is 13.4. The van der Waals surface area contributed by atoms with Crippen LogP contribution in [0.3, 0.4) is 0 Å². The normalized spacial score (nSPS) is 43.9. The molecule has 6 heteroatoms. The van der Waals surface area contributed by atoms with Gasteiger partial charge in [0.2, 0.25) is 0 Å². The van der Waals surface area contributed by atoms with E-state index < -0.39 is 11.9 Å². The smallest absolute Gasteiger partial charge is 0.297 e. The number of rotatable bonds is 3. The van der Waals surface area contributed by atoms with Gasteiger partial charge in [0.05, 0.1) is 6.54 Å². The fourth-order valence-electron chi connectivity index (χ4n) is 9.00. The number of Topliss-reactive ketones (excluding diaryl/α,β-unsaturated/α-hetero) is 1. The fraction of sp³-hybridized carbons (Fsp3) is 0.846. The third-order valence-corrected chi connectivity index (χ3v) is 10.2. The van der Waals surface area contributed by atoms with Crippen LogP contribution < -0.4 is 0 Å². The maximum Gasteiger partial charge on any atom is 0.435 e. The highest BCUT2D eigenvalue weighted by atomic mass is 19.4. The molecule has 4 fully saturated rings. The molecule has 4 aliphatic carbocycles. The van der Waals surface area contributed by atoms with E-state index in [1.165, 1.54) is 49.4 Å². The van der Waals surface area contributed by atoms with Gasteiger partial charge < -0.3 is 0 Å². The minimum absolute atomic E-state index is 0.0214. The Bertz CT molecular complexity index is 863. The van der Waals surface area contributed by atoms with Crippen molar-refractivity contribution in [3.63, 3.8) is 0 Å². The lowest BCUT2D eigenvalue weighted by molar-refractivity contribution is -0.142. The molecule has 0 aliphatic heterocycles. The van der Waals surface area contributed by atoms with Gasteiger partial charge in [-0.15, -0.1) is 0 Å². The van der Waals surface area contributed by atoms with Crippen LogP contribution in [0.1, 0.15) is 77.8 Å². The van der Waals surface area contributed by atoms with Crippen LogP contribution in [-0.4, -0.2) is 15.6 Å². The molecule has 9 atom stereocenters. The zero-order valence-electron chi connectivity index (χ0n) is 19.6. The summed E-state index contributed by atoms with van der Waals surface area (Å²) in [6.45, 7) is 7.00. The first kappa shape index (κ1) is 22.5. The zero-order valence-corrected chi connectivity index (χ0v) is 19.6. The molecule has 0 amide bonds. The third kappa shape index (κ3) is 3.64. The number of alkyl halides is 3. The standard InChI is InChI=1S/C26H37F3N2O/c1-15-4-6-18-17(12-15)5-7-20-19(18)8-10-25(3)21(13-16(2)24(20)25)22(32)14-31-11-9-23(30-31)26(27,28)29/h9,11,15-21,24H,4-8,10,12-14H2,1-3H3/t15-,16?,17?,18?,19?,20?,21?,24?,25?/m0/s1. The summed E-state index contributed by atoms with van der Waals surface area (Å²) < 4.78 is 39.9. The van der Waals surface area contributed by atoms with E-state index in [1.807, 2.05) is 0 Å². The lowest BCUT2D eigenvalue weighted by Crippen LogP contribution is -2.50. The van der Waals surface area contributed by atoms with Gasteiger partial charge in [0.25, 0.3) is 0 Å². The Morgan fingerprint density at radius 1 is 1.09 bits per heavy atom. The van der Waals surface area contributed by atoms with Crippen LogP contribution in [0.25, 0.3) is 0 Å². The molecule has 0 N–H and O–H groups in total. The molecule has 4 saturated carbocycles. The minimum atomic E-state index is -4.47. The van der Waals surface area contributed by atoms with Crippen LogP contribution in [0.2, 0.25) is 0 Å². The summed E-state index contributed by atoms with van der Waals surface area (Å²) in [5.41, 5.74) is -0.944. The Hall–Kier alpha value is -1.33. The highest BCUT2D eigenvalue weighted by molar-refractivity contribution is 5.82. The Morgan fingerprint density at radius 3 is 2.56 bits per heavy atom. The number of aromatic nitrogens is 2. The Balaban J connectivity index is 1.33. The number of nitrogens with zero attached hydrogens (tertiary/aromatic N) is 2. The largest absolute Gasteiger partial charge is 0.435 e. The second-order valence-corrected chi connectivity index (χ2v) is 11.9. The Kier molecular flexibility index (Phi) is 5.52. The first-order valence-electron chi connectivity index (χ1n) is 12.7. The lowest BCUT2D eigenvalue weighted by Gasteiger charge is -2.56. The number of fused-ring (bicyclic) bond motifs is 5. The van der Waals surface area contributed by atoms with E-state index >= 15 is 0 Å². The Labute approximate surface area is 189 Å². The average molecular weight is 451 g/mol. The molecule has 32 heavy (non-hydrogen) atoms. The number of halogens is 3. The van der Waals surface area contributed by atoms with Crippen LogP contribution in [0.15, 0.2) is 12.3 Å². The highest BCUT2D eigenvalue weighted by Gasteiger charge is 2.60. The molecule has 1 heterocycles. The molecule has 178 valence electrons. The van der Waals surface area contributed by atoms with Crippen molar-refractivity contribution in [3.05, 3.63) is 18.0 Å².